The number of hydrogen-bond acceptors (Lipinski definition) is 5. The van der Waals surface area contributed by atoms with Crippen LogP contribution in [0.15, 0.2) is 47.4 Å². The molecule has 1 aliphatic rings. The van der Waals surface area contributed by atoms with Crippen molar-refractivity contribution in [3.63, 3.8) is 0 Å². The second kappa shape index (κ2) is 6.01. The Bertz CT molecular complexity index is 749. The van der Waals surface area contributed by atoms with Gasteiger partial charge in [-0.3, -0.25) is 4.99 Å². The summed E-state index contributed by atoms with van der Waals surface area (Å²) in [4.78, 5) is 11.5. The van der Waals surface area contributed by atoms with Crippen LogP contribution in [0.3, 0.4) is 0 Å². The first-order valence-corrected chi connectivity index (χ1v) is 7.40. The molecule has 0 saturated carbocycles. The summed E-state index contributed by atoms with van der Waals surface area (Å²) in [5.74, 6) is 0.983. The van der Waals surface area contributed by atoms with Crippen LogP contribution in [0.25, 0.3) is 5.65 Å². The molecule has 6 nitrogen and oxygen atoms in total. The highest BCUT2D eigenvalue weighted by Gasteiger charge is 2.15. The quantitative estimate of drug-likeness (QED) is 0.695. The number of rotatable bonds is 4. The summed E-state index contributed by atoms with van der Waals surface area (Å²) in [5.41, 5.74) is 8.72. The van der Waals surface area contributed by atoms with Gasteiger partial charge in [0.1, 0.15) is 11.5 Å². The molecular weight excluding hydrogens is 276 g/mol. The molecule has 114 valence electrons. The number of hydrogen-bond donors (Lipinski definition) is 1. The molecule has 0 aromatic carbocycles. The molecule has 0 radical (unpaired) electrons. The van der Waals surface area contributed by atoms with Gasteiger partial charge in [0, 0.05) is 37.3 Å². The van der Waals surface area contributed by atoms with Crippen LogP contribution < -0.4 is 10.6 Å². The largest absolute Gasteiger partial charge is 0.404 e. The second-order valence-electron chi connectivity index (χ2n) is 5.44. The highest BCUT2D eigenvalue weighted by molar-refractivity contribution is 5.87. The number of allylic oxidation sites excluding steroid dienone is 2. The molecule has 0 aliphatic carbocycles. The Morgan fingerprint density at radius 1 is 1.41 bits per heavy atom. The van der Waals surface area contributed by atoms with Gasteiger partial charge in [-0.05, 0) is 31.4 Å². The average Bonchev–Trinajstić information content (AvgIpc) is 3.16. The lowest BCUT2D eigenvalue weighted by Crippen LogP contribution is -2.19. The summed E-state index contributed by atoms with van der Waals surface area (Å²) in [6.07, 6.45) is 9.28. The molecule has 1 fully saturated rings. The summed E-state index contributed by atoms with van der Waals surface area (Å²) in [7, 11) is 0. The molecule has 2 aromatic rings. The van der Waals surface area contributed by atoms with Crippen LogP contribution in [0, 0.1) is 0 Å². The van der Waals surface area contributed by atoms with Gasteiger partial charge in [0.05, 0.1) is 6.20 Å². The fraction of sp³-hybridized carbons (Fsp3) is 0.312. The lowest BCUT2D eigenvalue weighted by atomic mass is 10.2. The lowest BCUT2D eigenvalue weighted by Gasteiger charge is -2.15. The Hall–Kier alpha value is -2.63. The van der Waals surface area contributed by atoms with Crippen LogP contribution in [0.1, 0.15) is 19.8 Å². The minimum atomic E-state index is 0.724. The summed E-state index contributed by atoms with van der Waals surface area (Å²) in [5, 5.41) is 4.28. The van der Waals surface area contributed by atoms with E-state index in [0.717, 1.165) is 41.4 Å². The molecule has 2 aromatic heterocycles. The van der Waals surface area contributed by atoms with Crippen molar-refractivity contribution in [2.24, 2.45) is 10.7 Å². The van der Waals surface area contributed by atoms with E-state index >= 15 is 0 Å². The van der Waals surface area contributed by atoms with Crippen molar-refractivity contribution in [3.05, 3.63) is 42.4 Å². The molecule has 0 atom stereocenters. The molecule has 22 heavy (non-hydrogen) atoms. The number of nitrogens with zero attached hydrogens (tertiary/aromatic N) is 5. The summed E-state index contributed by atoms with van der Waals surface area (Å²) in [6.45, 7) is 7.89. The van der Waals surface area contributed by atoms with Crippen LogP contribution in [0.5, 0.6) is 0 Å². The molecule has 0 bridgehead atoms. The van der Waals surface area contributed by atoms with E-state index < -0.39 is 0 Å². The van der Waals surface area contributed by atoms with Gasteiger partial charge in [-0.15, -0.1) is 0 Å². The maximum Gasteiger partial charge on any atom is 0.183 e. The monoisotopic (exact) mass is 296 g/mol. The van der Waals surface area contributed by atoms with Crippen LogP contribution in [0.4, 0.5) is 11.5 Å². The predicted octanol–water partition coefficient (Wildman–Crippen LogP) is 2.45. The summed E-state index contributed by atoms with van der Waals surface area (Å²) >= 11 is 0. The molecule has 3 rings (SSSR count). The first-order chi connectivity index (χ1) is 10.7. The van der Waals surface area contributed by atoms with Crippen molar-refractivity contribution in [2.45, 2.75) is 19.8 Å². The molecule has 3 heterocycles. The molecule has 0 spiro atoms. The van der Waals surface area contributed by atoms with Gasteiger partial charge < -0.3 is 10.6 Å². The fourth-order valence-corrected chi connectivity index (χ4v) is 2.50. The van der Waals surface area contributed by atoms with Gasteiger partial charge in [0.2, 0.25) is 0 Å². The standard InChI is InChI=1S/C16H20N6/c1-12(2)13(9-17)10-18-14-11-19-22-8-5-15(20-16(14)22)21-6-3-4-7-21/h5,8-11H,1,3-4,6-7,17H2,2H3. The van der Waals surface area contributed by atoms with Gasteiger partial charge in [-0.2, -0.15) is 5.10 Å². The van der Waals surface area contributed by atoms with E-state index in [-0.39, 0.29) is 0 Å². The third kappa shape index (κ3) is 2.72. The highest BCUT2D eigenvalue weighted by atomic mass is 15.3. The first kappa shape index (κ1) is 14.3. The van der Waals surface area contributed by atoms with E-state index in [4.69, 9.17) is 10.7 Å². The molecule has 6 heteroatoms. The first-order valence-electron chi connectivity index (χ1n) is 7.40. The SMILES string of the molecule is C=C(C)C(C=Nc1cnn2ccc(N3CCCC3)nc12)=CN. The van der Waals surface area contributed by atoms with E-state index in [1.54, 1.807) is 16.9 Å². The number of nitrogens with two attached hydrogens (primary N) is 1. The zero-order valence-electron chi connectivity index (χ0n) is 12.7. The average molecular weight is 296 g/mol. The molecule has 1 saturated heterocycles. The molecular formula is C16H20N6. The van der Waals surface area contributed by atoms with Gasteiger partial charge in [-0.25, -0.2) is 9.50 Å². The van der Waals surface area contributed by atoms with Gasteiger partial charge in [-0.1, -0.05) is 6.58 Å². The summed E-state index contributed by atoms with van der Waals surface area (Å²) in [6, 6.07) is 2.00. The zero-order chi connectivity index (χ0) is 15.5. The fourth-order valence-electron chi connectivity index (χ4n) is 2.50. The second-order valence-corrected chi connectivity index (χ2v) is 5.44. The minimum absolute atomic E-state index is 0.724. The van der Waals surface area contributed by atoms with E-state index in [1.165, 1.54) is 19.0 Å². The van der Waals surface area contributed by atoms with Crippen molar-refractivity contribution in [3.8, 4) is 0 Å². The Morgan fingerprint density at radius 2 is 2.18 bits per heavy atom. The van der Waals surface area contributed by atoms with Crippen molar-refractivity contribution in [1.82, 2.24) is 14.6 Å². The smallest absolute Gasteiger partial charge is 0.183 e. The van der Waals surface area contributed by atoms with Crippen molar-refractivity contribution in [1.29, 1.82) is 0 Å². The molecule has 1 aliphatic heterocycles. The summed E-state index contributed by atoms with van der Waals surface area (Å²) < 4.78 is 1.73. The van der Waals surface area contributed by atoms with Crippen LogP contribution in [-0.4, -0.2) is 33.9 Å². The molecule has 2 N–H and O–H groups in total. The number of fused-ring (bicyclic) bond motifs is 1. The minimum Gasteiger partial charge on any atom is -0.404 e. The Kier molecular flexibility index (Phi) is 3.91. The lowest BCUT2D eigenvalue weighted by molar-refractivity contribution is 0.899. The number of aromatic nitrogens is 3. The number of anilines is 1. The zero-order valence-corrected chi connectivity index (χ0v) is 12.7. The van der Waals surface area contributed by atoms with Crippen molar-refractivity contribution < 1.29 is 0 Å². The highest BCUT2D eigenvalue weighted by Crippen LogP contribution is 2.23. The van der Waals surface area contributed by atoms with Crippen LogP contribution >= 0.6 is 0 Å². The maximum atomic E-state index is 5.58. The normalized spacial score (nSPS) is 16.0. The maximum absolute atomic E-state index is 5.58. The van der Waals surface area contributed by atoms with Gasteiger partial charge in [0.15, 0.2) is 5.65 Å². The van der Waals surface area contributed by atoms with Crippen LogP contribution in [0.2, 0.25) is 0 Å². The number of aliphatic imine (C=N–C) groups is 1. The van der Waals surface area contributed by atoms with E-state index in [2.05, 4.69) is 21.6 Å². The van der Waals surface area contributed by atoms with E-state index in [9.17, 15) is 0 Å². The molecule has 0 unspecified atom stereocenters. The van der Waals surface area contributed by atoms with E-state index in [0.29, 0.717) is 0 Å². The van der Waals surface area contributed by atoms with Gasteiger partial charge in [0.25, 0.3) is 0 Å². The van der Waals surface area contributed by atoms with E-state index in [1.807, 2.05) is 19.2 Å². The topological polar surface area (TPSA) is 71.8 Å². The third-order valence-electron chi connectivity index (χ3n) is 3.78. The molecule has 0 amide bonds. The Balaban J connectivity index is 1.94. The predicted molar refractivity (Wildman–Crippen MR) is 89.7 cm³/mol. The Morgan fingerprint density at radius 3 is 2.86 bits per heavy atom. The Labute approximate surface area is 129 Å². The van der Waals surface area contributed by atoms with Crippen molar-refractivity contribution in [2.75, 3.05) is 18.0 Å². The van der Waals surface area contributed by atoms with Crippen molar-refractivity contribution >= 4 is 23.4 Å². The third-order valence-corrected chi connectivity index (χ3v) is 3.78. The van der Waals surface area contributed by atoms with Crippen LogP contribution in [-0.2, 0) is 0 Å². The van der Waals surface area contributed by atoms with Gasteiger partial charge >= 0.3 is 0 Å².